The van der Waals surface area contributed by atoms with Gasteiger partial charge in [-0.05, 0) is 70.5 Å². The van der Waals surface area contributed by atoms with Crippen LogP contribution in [0.1, 0.15) is 58.4 Å². The fraction of sp³-hybridized carbons (Fsp3) is 0.538. The molecular weight excluding hydrogens is 757 g/mol. The van der Waals surface area contributed by atoms with Gasteiger partial charge in [0.05, 0.1) is 52.1 Å². The van der Waals surface area contributed by atoms with Crippen LogP contribution >= 0.6 is 22.9 Å². The van der Waals surface area contributed by atoms with Crippen LogP contribution in [0.4, 0.5) is 28.8 Å². The van der Waals surface area contributed by atoms with E-state index in [1.165, 1.54) is 12.1 Å². The van der Waals surface area contributed by atoms with Gasteiger partial charge in [-0.15, -0.1) is 11.3 Å². The lowest BCUT2D eigenvalue weighted by Crippen LogP contribution is -2.45. The Hall–Kier alpha value is -4.10. The molecule has 11 nitrogen and oxygen atoms in total. The molecule has 1 N–H and O–H groups in total. The van der Waals surface area contributed by atoms with Gasteiger partial charge in [0.15, 0.2) is 11.6 Å². The number of nitriles is 1. The molecule has 4 aromatic rings. The van der Waals surface area contributed by atoms with Crippen LogP contribution in [-0.2, 0) is 9.47 Å². The third-order valence-corrected chi connectivity index (χ3v) is 12.9. The summed E-state index contributed by atoms with van der Waals surface area (Å²) >= 11 is 8.05. The molecule has 1 aliphatic carbocycles. The second-order valence-electron chi connectivity index (χ2n) is 16.4. The summed E-state index contributed by atoms with van der Waals surface area (Å²) < 4.78 is 72.1. The van der Waals surface area contributed by atoms with E-state index in [1.807, 2.05) is 0 Å². The van der Waals surface area contributed by atoms with Gasteiger partial charge < -0.3 is 23.8 Å². The highest BCUT2D eigenvalue weighted by molar-refractivity contribution is 7.23. The number of aromatic nitrogens is 2. The summed E-state index contributed by atoms with van der Waals surface area (Å²) in [5.74, 6) is -0.599. The van der Waals surface area contributed by atoms with Crippen molar-refractivity contribution in [3.05, 3.63) is 34.4 Å². The first-order chi connectivity index (χ1) is 26.3. The minimum atomic E-state index is -0.965. The van der Waals surface area contributed by atoms with Crippen molar-refractivity contribution >= 4 is 60.8 Å². The van der Waals surface area contributed by atoms with E-state index >= 15 is 8.78 Å². The van der Waals surface area contributed by atoms with E-state index in [0.29, 0.717) is 44.5 Å². The monoisotopic (exact) mass is 796 g/mol. The van der Waals surface area contributed by atoms with Gasteiger partial charge in [-0.3, -0.25) is 10.2 Å². The smallest absolute Gasteiger partial charge is 0.412 e. The van der Waals surface area contributed by atoms with E-state index in [9.17, 15) is 14.4 Å². The molecule has 3 saturated heterocycles. The quantitative estimate of drug-likeness (QED) is 0.196. The van der Waals surface area contributed by atoms with E-state index in [-0.39, 0.29) is 84.6 Å². The molecule has 6 heterocycles. The number of hydrogen-bond donors (Lipinski definition) is 1. The molecule has 0 radical (unpaired) electrons. The van der Waals surface area contributed by atoms with Crippen molar-refractivity contribution in [2.75, 3.05) is 56.3 Å². The lowest BCUT2D eigenvalue weighted by Gasteiger charge is -2.36. The maximum absolute atomic E-state index is 17.6. The second-order valence-corrected chi connectivity index (χ2v) is 17.8. The van der Waals surface area contributed by atoms with Crippen LogP contribution < -0.4 is 19.7 Å². The molecule has 0 spiro atoms. The van der Waals surface area contributed by atoms with Gasteiger partial charge >= 0.3 is 12.1 Å². The van der Waals surface area contributed by atoms with E-state index in [0.717, 1.165) is 43.6 Å². The standard InChI is InChI=1S/C39H40ClF3N6O5S/c1-38(2,3)54-37(50)47-35-23(12-44)26-22(7-8-24(42)33(26)55-35)27-29(40)32-28-31(30(27)43)45-36(53-18-39-9-4-10-48(39)14-21(41)11-39)46-34(28)49(13-19-5-6-19)25-17-51-15-20(25)16-52-32/h7-8,19-21,25H,4-6,9-11,13-18H2,1-3H3,(H,47,50)/t20?,21-,25?,39+/m1/s1. The van der Waals surface area contributed by atoms with Gasteiger partial charge in [-0.25, -0.2) is 18.0 Å². The van der Waals surface area contributed by atoms with Crippen LogP contribution in [0.3, 0.4) is 0 Å². The number of hydrogen-bond acceptors (Lipinski definition) is 11. The van der Waals surface area contributed by atoms with Crippen LogP contribution in [0.15, 0.2) is 12.1 Å². The molecule has 4 fully saturated rings. The van der Waals surface area contributed by atoms with Crippen LogP contribution in [0.5, 0.6) is 11.8 Å². The Bertz CT molecular complexity index is 2280. The first-order valence-electron chi connectivity index (χ1n) is 18.7. The molecule has 290 valence electrons. The Kier molecular flexibility index (Phi) is 8.99. The van der Waals surface area contributed by atoms with Crippen LogP contribution in [0, 0.1) is 34.8 Å². The van der Waals surface area contributed by atoms with Crippen LogP contribution in [0.2, 0.25) is 5.02 Å². The number of benzene rings is 2. The molecule has 2 unspecified atom stereocenters. The Morgan fingerprint density at radius 3 is 2.78 bits per heavy atom. The van der Waals surface area contributed by atoms with Gasteiger partial charge in [0.2, 0.25) is 0 Å². The Labute approximate surface area is 324 Å². The van der Waals surface area contributed by atoms with E-state index in [1.54, 1.807) is 20.8 Å². The van der Waals surface area contributed by atoms with Gasteiger partial charge in [0.25, 0.3) is 0 Å². The SMILES string of the molecule is CC(C)(C)OC(=O)Nc1sc2c(F)ccc(-c3c(Cl)c4c5c(nc(OC[C@@]67CCCN6C[C@H](F)C7)nc5c3F)N(CC3CC3)C3COCC3CO4)c2c1C#N. The van der Waals surface area contributed by atoms with Gasteiger partial charge in [0.1, 0.15) is 46.6 Å². The molecule has 4 atom stereocenters. The van der Waals surface area contributed by atoms with Crippen molar-refractivity contribution in [3.63, 3.8) is 0 Å². The summed E-state index contributed by atoms with van der Waals surface area (Å²) in [7, 11) is 0. The summed E-state index contributed by atoms with van der Waals surface area (Å²) in [5.41, 5.74) is -1.61. The molecule has 1 amide bonds. The Morgan fingerprint density at radius 1 is 1.20 bits per heavy atom. The Balaban J connectivity index is 1.24. The third kappa shape index (κ3) is 6.39. The number of nitrogens with zero attached hydrogens (tertiary/aromatic N) is 5. The van der Waals surface area contributed by atoms with Crippen LogP contribution in [-0.4, -0.2) is 90.4 Å². The zero-order chi connectivity index (χ0) is 38.4. The number of alkyl halides is 1. The van der Waals surface area contributed by atoms with Gasteiger partial charge in [-0.1, -0.05) is 17.7 Å². The molecule has 9 rings (SSSR count). The largest absolute Gasteiger partial charge is 0.491 e. The number of carbonyl (C=O) groups is 1. The lowest BCUT2D eigenvalue weighted by atomic mass is 9.95. The third-order valence-electron chi connectivity index (χ3n) is 11.4. The number of nitrogens with one attached hydrogen (secondary N) is 1. The minimum absolute atomic E-state index is 0.0105. The fourth-order valence-corrected chi connectivity index (χ4v) is 10.1. The number of amides is 1. The maximum atomic E-state index is 17.6. The number of thiophene rings is 1. The number of rotatable bonds is 7. The molecule has 16 heteroatoms. The summed E-state index contributed by atoms with van der Waals surface area (Å²) in [5, 5.41) is 13.2. The molecular formula is C39H40ClF3N6O5S. The zero-order valence-electron chi connectivity index (χ0n) is 30.6. The zero-order valence-corrected chi connectivity index (χ0v) is 32.2. The number of halogens is 4. The van der Waals surface area contributed by atoms with Gasteiger partial charge in [-0.2, -0.15) is 15.2 Å². The predicted molar refractivity (Wildman–Crippen MR) is 202 cm³/mol. The molecule has 5 aliphatic rings. The highest BCUT2D eigenvalue weighted by Gasteiger charge is 2.50. The molecule has 4 aliphatic heterocycles. The summed E-state index contributed by atoms with van der Waals surface area (Å²) in [6.45, 7) is 8.08. The van der Waals surface area contributed by atoms with Crippen molar-refractivity contribution in [3.8, 4) is 29.0 Å². The average Bonchev–Trinajstić information content (AvgIpc) is 3.38. The lowest BCUT2D eigenvalue weighted by molar-refractivity contribution is 0.0636. The van der Waals surface area contributed by atoms with Crippen molar-refractivity contribution in [2.24, 2.45) is 11.8 Å². The Morgan fingerprint density at radius 2 is 2.02 bits per heavy atom. The number of ether oxygens (including phenoxy) is 4. The van der Waals surface area contributed by atoms with E-state index < -0.39 is 35.0 Å². The topological polar surface area (TPSA) is 122 Å². The first-order valence-corrected chi connectivity index (χ1v) is 19.9. The second kappa shape index (κ2) is 13.5. The van der Waals surface area contributed by atoms with Crippen LogP contribution in [0.25, 0.3) is 32.1 Å². The molecule has 0 bridgehead atoms. The molecule has 2 aromatic carbocycles. The van der Waals surface area contributed by atoms with Crippen molar-refractivity contribution in [1.29, 1.82) is 5.26 Å². The fourth-order valence-electron chi connectivity index (χ4n) is 8.74. The highest BCUT2D eigenvalue weighted by atomic mass is 35.5. The molecule has 55 heavy (non-hydrogen) atoms. The number of anilines is 2. The van der Waals surface area contributed by atoms with Crippen molar-refractivity contribution in [1.82, 2.24) is 14.9 Å². The maximum Gasteiger partial charge on any atom is 0.412 e. The van der Waals surface area contributed by atoms with Crippen molar-refractivity contribution in [2.45, 2.75) is 76.2 Å². The number of carbonyl (C=O) groups excluding carboxylic acids is 1. The molecule has 2 aromatic heterocycles. The van der Waals surface area contributed by atoms with E-state index in [4.69, 9.17) is 35.5 Å². The van der Waals surface area contributed by atoms with Gasteiger partial charge in [0, 0.05) is 36.4 Å². The first kappa shape index (κ1) is 36.5. The van der Waals surface area contributed by atoms with E-state index in [2.05, 4.69) is 26.2 Å². The summed E-state index contributed by atoms with van der Waals surface area (Å²) in [4.78, 5) is 26.7. The normalized spacial score (nSPS) is 25.0. The van der Waals surface area contributed by atoms with Crippen molar-refractivity contribution < 1.29 is 36.9 Å². The molecule has 1 saturated carbocycles. The average molecular weight is 797 g/mol. The summed E-state index contributed by atoms with van der Waals surface area (Å²) in [6, 6.07) is 4.42. The number of fused-ring (bicyclic) bond motifs is 3. The minimum Gasteiger partial charge on any atom is -0.491 e. The highest BCUT2D eigenvalue weighted by Crippen LogP contribution is 2.52. The predicted octanol–water partition coefficient (Wildman–Crippen LogP) is 8.24. The summed E-state index contributed by atoms with van der Waals surface area (Å²) in [6.07, 6.45) is 2.33.